The highest BCUT2D eigenvalue weighted by atomic mass is 19.1. The average molecular weight is 275 g/mol. The Kier molecular flexibility index (Phi) is 3.77. The monoisotopic (exact) mass is 275 g/mol. The van der Waals surface area contributed by atoms with Gasteiger partial charge in [0.2, 0.25) is 5.91 Å². The fourth-order valence-electron chi connectivity index (χ4n) is 3.79. The van der Waals surface area contributed by atoms with Gasteiger partial charge in [0.05, 0.1) is 5.41 Å². The predicted octanol–water partition coefficient (Wildman–Crippen LogP) is 3.70. The van der Waals surface area contributed by atoms with Crippen LogP contribution in [0.4, 0.5) is 4.39 Å². The molecule has 0 saturated heterocycles. The molecular formula is C17H22FNO. The van der Waals surface area contributed by atoms with Crippen molar-refractivity contribution >= 4 is 5.91 Å². The number of hydrogen-bond acceptors (Lipinski definition) is 1. The molecule has 20 heavy (non-hydrogen) atoms. The largest absolute Gasteiger partial charge is 0.353 e. The number of carbonyl (C=O) groups excluding carboxylic acids is 1. The van der Waals surface area contributed by atoms with Crippen LogP contribution in [-0.2, 0) is 10.2 Å². The van der Waals surface area contributed by atoms with Crippen molar-refractivity contribution in [1.82, 2.24) is 5.32 Å². The van der Waals surface area contributed by atoms with Gasteiger partial charge < -0.3 is 5.32 Å². The van der Waals surface area contributed by atoms with E-state index in [2.05, 4.69) is 5.32 Å². The maximum atomic E-state index is 13.1. The Morgan fingerprint density at radius 1 is 1.05 bits per heavy atom. The zero-order valence-corrected chi connectivity index (χ0v) is 11.8. The van der Waals surface area contributed by atoms with E-state index in [1.54, 1.807) is 12.1 Å². The van der Waals surface area contributed by atoms with Crippen molar-refractivity contribution in [2.24, 2.45) is 0 Å². The normalized spacial score (nSPS) is 22.1. The predicted molar refractivity (Wildman–Crippen MR) is 76.9 cm³/mol. The van der Waals surface area contributed by atoms with Gasteiger partial charge in [0.25, 0.3) is 0 Å². The molecule has 1 amide bonds. The highest BCUT2D eigenvalue weighted by molar-refractivity contribution is 5.88. The van der Waals surface area contributed by atoms with E-state index in [1.165, 1.54) is 25.0 Å². The number of hydrogen-bond donors (Lipinski definition) is 1. The van der Waals surface area contributed by atoms with Crippen molar-refractivity contribution < 1.29 is 9.18 Å². The van der Waals surface area contributed by atoms with Gasteiger partial charge in [0, 0.05) is 6.04 Å². The van der Waals surface area contributed by atoms with E-state index in [0.29, 0.717) is 6.04 Å². The number of halogens is 1. The van der Waals surface area contributed by atoms with Crippen LogP contribution in [0.2, 0.25) is 0 Å². The van der Waals surface area contributed by atoms with E-state index in [1.807, 2.05) is 0 Å². The van der Waals surface area contributed by atoms with Gasteiger partial charge in [-0.15, -0.1) is 0 Å². The topological polar surface area (TPSA) is 29.1 Å². The molecule has 2 saturated carbocycles. The van der Waals surface area contributed by atoms with Gasteiger partial charge >= 0.3 is 0 Å². The lowest BCUT2D eigenvalue weighted by Crippen LogP contribution is -2.46. The summed E-state index contributed by atoms with van der Waals surface area (Å²) in [5.74, 6) is -0.0772. The maximum Gasteiger partial charge on any atom is 0.230 e. The Bertz CT molecular complexity index is 470. The average Bonchev–Trinajstić information content (AvgIpc) is 3.10. The third-order valence-electron chi connectivity index (χ3n) is 4.98. The molecule has 0 atom stereocenters. The van der Waals surface area contributed by atoms with Gasteiger partial charge in [-0.1, -0.05) is 37.8 Å². The highest BCUT2D eigenvalue weighted by Gasteiger charge is 2.43. The minimum atomic E-state index is -0.420. The lowest BCUT2D eigenvalue weighted by atomic mass is 9.77. The summed E-state index contributed by atoms with van der Waals surface area (Å²) in [6, 6.07) is 6.86. The molecular weight excluding hydrogens is 253 g/mol. The quantitative estimate of drug-likeness (QED) is 0.895. The Labute approximate surface area is 119 Å². The first-order valence-electron chi connectivity index (χ1n) is 7.78. The summed E-state index contributed by atoms with van der Waals surface area (Å²) < 4.78 is 13.1. The molecule has 3 rings (SSSR count). The first-order valence-corrected chi connectivity index (χ1v) is 7.78. The molecule has 0 aliphatic heterocycles. The Morgan fingerprint density at radius 2 is 1.65 bits per heavy atom. The summed E-state index contributed by atoms with van der Waals surface area (Å²) in [5.41, 5.74) is 0.558. The van der Waals surface area contributed by atoms with Crippen LogP contribution in [0.3, 0.4) is 0 Å². The van der Waals surface area contributed by atoms with E-state index >= 15 is 0 Å². The minimum absolute atomic E-state index is 0.161. The van der Waals surface area contributed by atoms with Crippen molar-refractivity contribution in [2.75, 3.05) is 0 Å². The number of nitrogens with one attached hydrogen (secondary N) is 1. The van der Waals surface area contributed by atoms with Crippen LogP contribution >= 0.6 is 0 Å². The Hall–Kier alpha value is -1.38. The second-order valence-electron chi connectivity index (χ2n) is 6.25. The smallest absolute Gasteiger partial charge is 0.230 e. The standard InChI is InChI=1S/C17H22FNO/c18-14-9-7-13(8-10-14)17(11-3-4-12-17)16(20)19-15-5-1-2-6-15/h7-10,15H,1-6,11-12H2,(H,19,20). The van der Waals surface area contributed by atoms with Crippen LogP contribution in [0.25, 0.3) is 0 Å². The molecule has 3 heteroatoms. The van der Waals surface area contributed by atoms with E-state index < -0.39 is 5.41 Å². The number of rotatable bonds is 3. The highest BCUT2D eigenvalue weighted by Crippen LogP contribution is 2.41. The van der Waals surface area contributed by atoms with Crippen molar-refractivity contribution in [3.63, 3.8) is 0 Å². The first-order chi connectivity index (χ1) is 9.71. The van der Waals surface area contributed by atoms with Crippen LogP contribution in [0.15, 0.2) is 24.3 Å². The minimum Gasteiger partial charge on any atom is -0.353 e. The zero-order valence-electron chi connectivity index (χ0n) is 11.8. The van der Waals surface area contributed by atoms with E-state index in [4.69, 9.17) is 0 Å². The summed E-state index contributed by atoms with van der Waals surface area (Å²) in [7, 11) is 0. The molecule has 2 fully saturated rings. The van der Waals surface area contributed by atoms with Crippen molar-refractivity contribution in [3.05, 3.63) is 35.6 Å². The fourth-order valence-corrected chi connectivity index (χ4v) is 3.79. The van der Waals surface area contributed by atoms with Gasteiger partial charge in [-0.2, -0.15) is 0 Å². The third kappa shape index (κ3) is 2.46. The summed E-state index contributed by atoms with van der Waals surface area (Å²) in [5, 5.41) is 3.24. The van der Waals surface area contributed by atoms with Crippen molar-refractivity contribution in [2.45, 2.75) is 62.8 Å². The van der Waals surface area contributed by atoms with Crippen LogP contribution in [0.1, 0.15) is 56.9 Å². The van der Waals surface area contributed by atoms with Gasteiger partial charge in [0.1, 0.15) is 5.82 Å². The van der Waals surface area contributed by atoms with Gasteiger partial charge in [-0.05, 0) is 43.4 Å². The van der Waals surface area contributed by atoms with Gasteiger partial charge in [-0.25, -0.2) is 4.39 Å². The Balaban J connectivity index is 1.83. The molecule has 1 N–H and O–H groups in total. The van der Waals surface area contributed by atoms with Crippen molar-refractivity contribution in [3.8, 4) is 0 Å². The molecule has 108 valence electrons. The molecule has 2 aliphatic carbocycles. The number of amides is 1. The lowest BCUT2D eigenvalue weighted by molar-refractivity contribution is -0.127. The molecule has 0 unspecified atom stereocenters. The van der Waals surface area contributed by atoms with Crippen molar-refractivity contribution in [1.29, 1.82) is 0 Å². The molecule has 1 aromatic carbocycles. The summed E-state index contributed by atoms with van der Waals surface area (Å²) >= 11 is 0. The van der Waals surface area contributed by atoms with E-state index in [-0.39, 0.29) is 11.7 Å². The second-order valence-corrected chi connectivity index (χ2v) is 6.25. The van der Waals surface area contributed by atoms with E-state index in [9.17, 15) is 9.18 Å². The van der Waals surface area contributed by atoms with Crippen LogP contribution in [0, 0.1) is 5.82 Å². The van der Waals surface area contributed by atoms with E-state index in [0.717, 1.165) is 44.1 Å². The molecule has 0 spiro atoms. The van der Waals surface area contributed by atoms with Gasteiger partial charge in [0.15, 0.2) is 0 Å². The zero-order chi connectivity index (χ0) is 14.0. The maximum absolute atomic E-state index is 13.1. The van der Waals surface area contributed by atoms with Crippen LogP contribution < -0.4 is 5.32 Å². The first kappa shape index (κ1) is 13.6. The molecule has 0 radical (unpaired) electrons. The lowest BCUT2D eigenvalue weighted by Gasteiger charge is -2.30. The molecule has 0 bridgehead atoms. The third-order valence-corrected chi connectivity index (χ3v) is 4.98. The van der Waals surface area contributed by atoms with Gasteiger partial charge in [-0.3, -0.25) is 4.79 Å². The summed E-state index contributed by atoms with van der Waals surface area (Å²) in [6.07, 6.45) is 8.57. The number of benzene rings is 1. The van der Waals surface area contributed by atoms with Crippen LogP contribution in [-0.4, -0.2) is 11.9 Å². The molecule has 0 heterocycles. The second kappa shape index (κ2) is 5.55. The SMILES string of the molecule is O=C(NC1CCCC1)C1(c2ccc(F)cc2)CCCC1. The number of carbonyl (C=O) groups is 1. The fraction of sp³-hybridized carbons (Fsp3) is 0.588. The molecule has 0 aromatic heterocycles. The van der Waals surface area contributed by atoms with Crippen LogP contribution in [0.5, 0.6) is 0 Å². The molecule has 2 aliphatic rings. The summed E-state index contributed by atoms with van der Waals surface area (Å²) in [6.45, 7) is 0. The molecule has 2 nitrogen and oxygen atoms in total. The molecule has 1 aromatic rings. The Morgan fingerprint density at radius 3 is 2.25 bits per heavy atom. The summed E-state index contributed by atoms with van der Waals surface area (Å²) in [4.78, 5) is 12.8.